The number of hydrogen-bond acceptors (Lipinski definition) is 3. The van der Waals surface area contributed by atoms with Crippen LogP contribution in [0.15, 0.2) is 42.5 Å². The van der Waals surface area contributed by atoms with E-state index in [4.69, 9.17) is 4.74 Å². The smallest absolute Gasteiger partial charge is 0.306 e. The fourth-order valence-electron chi connectivity index (χ4n) is 3.84. The van der Waals surface area contributed by atoms with Gasteiger partial charge in [-0.25, -0.2) is 8.78 Å². The maximum Gasteiger partial charge on any atom is 0.306 e. The lowest BCUT2D eigenvalue weighted by atomic mass is 9.94. The fraction of sp³-hybridized carbons (Fsp3) is 0.238. The van der Waals surface area contributed by atoms with Gasteiger partial charge in [0.1, 0.15) is 5.69 Å². The topological polar surface area (TPSA) is 71.2 Å². The molecule has 1 aliphatic carbocycles. The second-order valence-corrected chi connectivity index (χ2v) is 6.91. The van der Waals surface area contributed by atoms with Gasteiger partial charge in [-0.05, 0) is 29.7 Å². The molecule has 2 atom stereocenters. The number of aromatic nitrogens is 1. The molecule has 1 aliphatic rings. The monoisotopic (exact) mass is 384 g/mol. The first-order valence-electron chi connectivity index (χ1n) is 8.89. The summed E-state index contributed by atoms with van der Waals surface area (Å²) in [5.74, 6) is -2.90. The van der Waals surface area contributed by atoms with Gasteiger partial charge in [0.05, 0.1) is 13.5 Å². The van der Waals surface area contributed by atoms with Crippen LogP contribution < -0.4 is 5.32 Å². The van der Waals surface area contributed by atoms with Crippen molar-refractivity contribution in [3.8, 4) is 0 Å². The number of methoxy groups -OCH3 is 1. The first-order valence-corrected chi connectivity index (χ1v) is 8.89. The van der Waals surface area contributed by atoms with Gasteiger partial charge in [-0.1, -0.05) is 24.3 Å². The molecule has 0 saturated carbocycles. The van der Waals surface area contributed by atoms with Crippen LogP contribution in [0.25, 0.3) is 10.9 Å². The van der Waals surface area contributed by atoms with Gasteiger partial charge in [0.15, 0.2) is 11.6 Å². The third-order valence-corrected chi connectivity index (χ3v) is 5.22. The fourth-order valence-corrected chi connectivity index (χ4v) is 3.84. The SMILES string of the molecule is COC(=O)C[C@@H]1c2ccccc2C[C@H]1NC(=O)c1cc2cc(F)c(F)cc2[nH]1. The molecule has 1 amide bonds. The van der Waals surface area contributed by atoms with Gasteiger partial charge in [-0.3, -0.25) is 9.59 Å². The van der Waals surface area contributed by atoms with Gasteiger partial charge < -0.3 is 15.0 Å². The minimum Gasteiger partial charge on any atom is -0.469 e. The molecule has 3 aromatic rings. The second kappa shape index (κ2) is 7.07. The van der Waals surface area contributed by atoms with Gasteiger partial charge in [-0.2, -0.15) is 0 Å². The zero-order valence-corrected chi connectivity index (χ0v) is 15.1. The molecule has 4 rings (SSSR count). The Bertz CT molecular complexity index is 1040. The van der Waals surface area contributed by atoms with Crippen molar-refractivity contribution in [2.75, 3.05) is 7.11 Å². The lowest BCUT2D eigenvalue weighted by molar-refractivity contribution is -0.141. The summed E-state index contributed by atoms with van der Waals surface area (Å²) in [6.07, 6.45) is 0.745. The van der Waals surface area contributed by atoms with Crippen molar-refractivity contribution in [1.82, 2.24) is 10.3 Å². The Morgan fingerprint density at radius 1 is 1.18 bits per heavy atom. The molecule has 144 valence electrons. The minimum absolute atomic E-state index is 0.154. The Morgan fingerprint density at radius 2 is 1.93 bits per heavy atom. The van der Waals surface area contributed by atoms with Gasteiger partial charge in [0, 0.05) is 28.9 Å². The van der Waals surface area contributed by atoms with Crippen LogP contribution in [-0.2, 0) is 16.0 Å². The van der Waals surface area contributed by atoms with E-state index >= 15 is 0 Å². The number of carbonyl (C=O) groups excluding carboxylic acids is 2. The Morgan fingerprint density at radius 3 is 2.71 bits per heavy atom. The molecular weight excluding hydrogens is 366 g/mol. The zero-order valence-electron chi connectivity index (χ0n) is 15.1. The Kier molecular flexibility index (Phi) is 4.58. The Labute approximate surface area is 159 Å². The maximum absolute atomic E-state index is 13.4. The summed E-state index contributed by atoms with van der Waals surface area (Å²) in [5.41, 5.74) is 2.62. The predicted octanol–water partition coefficient (Wildman–Crippen LogP) is 3.45. The van der Waals surface area contributed by atoms with E-state index in [1.165, 1.54) is 13.2 Å². The average Bonchev–Trinajstić information content (AvgIpc) is 3.23. The summed E-state index contributed by atoms with van der Waals surface area (Å²) in [4.78, 5) is 27.4. The molecule has 0 unspecified atom stereocenters. The minimum atomic E-state index is -0.981. The van der Waals surface area contributed by atoms with Crippen LogP contribution in [0, 0.1) is 11.6 Å². The molecule has 28 heavy (non-hydrogen) atoms. The number of halogens is 2. The lowest BCUT2D eigenvalue weighted by Crippen LogP contribution is -2.38. The molecule has 1 heterocycles. The number of carbonyl (C=O) groups is 2. The highest BCUT2D eigenvalue weighted by Crippen LogP contribution is 2.36. The third kappa shape index (κ3) is 3.24. The molecule has 7 heteroatoms. The summed E-state index contributed by atoms with van der Waals surface area (Å²) in [7, 11) is 1.33. The van der Waals surface area contributed by atoms with E-state index in [9.17, 15) is 18.4 Å². The van der Waals surface area contributed by atoms with Crippen LogP contribution in [0.5, 0.6) is 0 Å². The highest BCUT2D eigenvalue weighted by Gasteiger charge is 2.35. The van der Waals surface area contributed by atoms with E-state index in [1.54, 1.807) is 0 Å². The zero-order chi connectivity index (χ0) is 19.8. The van der Waals surface area contributed by atoms with Gasteiger partial charge >= 0.3 is 5.97 Å². The number of rotatable bonds is 4. The molecule has 0 bridgehead atoms. The van der Waals surface area contributed by atoms with Gasteiger partial charge in [0.25, 0.3) is 5.91 Å². The molecule has 2 N–H and O–H groups in total. The number of aromatic amines is 1. The number of amides is 1. The summed E-state index contributed by atoms with van der Waals surface area (Å²) >= 11 is 0. The molecular formula is C21H18F2N2O3. The number of nitrogens with one attached hydrogen (secondary N) is 2. The number of benzene rings is 2. The number of hydrogen-bond donors (Lipinski definition) is 2. The molecule has 0 saturated heterocycles. The standard InChI is InChI=1S/C21H18F2N2O3/c1-28-20(26)9-14-13-5-3-2-4-11(13)7-18(14)25-21(27)19-8-12-6-15(22)16(23)10-17(12)24-19/h2-6,8,10,14,18,24H,7,9H2,1H3,(H,25,27)/t14-,18-/m1/s1. The first kappa shape index (κ1) is 18.2. The van der Waals surface area contributed by atoms with Crippen LogP contribution in [0.1, 0.15) is 34.0 Å². The highest BCUT2D eigenvalue weighted by molar-refractivity contribution is 5.98. The molecule has 0 radical (unpaired) electrons. The van der Waals surface area contributed by atoms with Crippen molar-refractivity contribution in [1.29, 1.82) is 0 Å². The molecule has 0 spiro atoms. The van der Waals surface area contributed by atoms with Gasteiger partial charge in [-0.15, -0.1) is 0 Å². The number of fused-ring (bicyclic) bond motifs is 2. The van der Waals surface area contributed by atoms with Crippen molar-refractivity contribution in [3.05, 3.63) is 70.9 Å². The molecule has 0 aliphatic heterocycles. The van der Waals surface area contributed by atoms with Crippen LogP contribution in [-0.4, -0.2) is 30.0 Å². The lowest BCUT2D eigenvalue weighted by Gasteiger charge is -2.20. The van der Waals surface area contributed by atoms with E-state index in [-0.39, 0.29) is 30.0 Å². The van der Waals surface area contributed by atoms with Crippen LogP contribution in [0.4, 0.5) is 8.78 Å². The normalized spacial score (nSPS) is 18.1. The number of esters is 1. The highest BCUT2D eigenvalue weighted by atomic mass is 19.2. The predicted molar refractivity (Wildman–Crippen MR) is 99.0 cm³/mol. The summed E-state index contributed by atoms with van der Waals surface area (Å²) in [5, 5.41) is 3.35. The first-order chi connectivity index (χ1) is 13.5. The van der Waals surface area contributed by atoms with E-state index in [1.807, 2.05) is 24.3 Å². The van der Waals surface area contributed by atoms with E-state index in [0.29, 0.717) is 17.3 Å². The van der Waals surface area contributed by atoms with Crippen molar-refractivity contribution in [3.63, 3.8) is 0 Å². The van der Waals surface area contributed by atoms with Gasteiger partial charge in [0.2, 0.25) is 0 Å². The third-order valence-electron chi connectivity index (χ3n) is 5.22. The van der Waals surface area contributed by atoms with E-state index in [0.717, 1.165) is 23.3 Å². The van der Waals surface area contributed by atoms with E-state index in [2.05, 4.69) is 10.3 Å². The maximum atomic E-state index is 13.4. The molecule has 2 aromatic carbocycles. The quantitative estimate of drug-likeness (QED) is 0.677. The van der Waals surface area contributed by atoms with Crippen LogP contribution >= 0.6 is 0 Å². The number of H-pyrrole nitrogens is 1. The van der Waals surface area contributed by atoms with Crippen molar-refractivity contribution in [2.45, 2.75) is 24.8 Å². The number of ether oxygens (including phenoxy) is 1. The summed E-state index contributed by atoms with van der Waals surface area (Å²) < 4.78 is 31.6. The molecule has 0 fully saturated rings. The summed E-state index contributed by atoms with van der Waals surface area (Å²) in [6, 6.07) is 11.0. The van der Waals surface area contributed by atoms with Crippen molar-refractivity contribution in [2.24, 2.45) is 0 Å². The van der Waals surface area contributed by atoms with Crippen molar-refractivity contribution < 1.29 is 23.1 Å². The molecule has 1 aromatic heterocycles. The van der Waals surface area contributed by atoms with Crippen molar-refractivity contribution >= 4 is 22.8 Å². The van der Waals surface area contributed by atoms with Crippen LogP contribution in [0.3, 0.4) is 0 Å². The summed E-state index contributed by atoms with van der Waals surface area (Å²) in [6.45, 7) is 0. The van der Waals surface area contributed by atoms with Crippen LogP contribution in [0.2, 0.25) is 0 Å². The molecule has 5 nitrogen and oxygen atoms in total. The Hall–Kier alpha value is -3.22. The largest absolute Gasteiger partial charge is 0.469 e. The Balaban J connectivity index is 1.58. The van der Waals surface area contributed by atoms with E-state index < -0.39 is 17.5 Å². The second-order valence-electron chi connectivity index (χ2n) is 6.91. The average molecular weight is 384 g/mol.